The summed E-state index contributed by atoms with van der Waals surface area (Å²) >= 11 is 0. The molecule has 2 amide bonds. The fourth-order valence-corrected chi connectivity index (χ4v) is 2.47. The fraction of sp³-hybridized carbons (Fsp3) is 0.316. The molecule has 6 nitrogen and oxygen atoms in total. The van der Waals surface area contributed by atoms with Crippen LogP contribution in [-0.2, 0) is 0 Å². The summed E-state index contributed by atoms with van der Waals surface area (Å²) in [5.74, 6) is -0.481. The van der Waals surface area contributed by atoms with E-state index >= 15 is 0 Å². The number of rotatable bonds is 7. The molecule has 0 fully saturated rings. The van der Waals surface area contributed by atoms with Gasteiger partial charge < -0.3 is 16.0 Å². The van der Waals surface area contributed by atoms with Gasteiger partial charge in [-0.25, -0.2) is 0 Å². The number of hydrogen-bond donors (Lipinski definition) is 3. The van der Waals surface area contributed by atoms with Crippen molar-refractivity contribution in [3.8, 4) is 0 Å². The average molecular weight is 413 g/mol. The molecule has 3 N–H and O–H groups in total. The largest absolute Gasteiger partial charge is 0.350 e. The number of pyridine rings is 1. The molecule has 0 unspecified atom stereocenters. The third kappa shape index (κ3) is 7.17. The van der Waals surface area contributed by atoms with E-state index in [4.69, 9.17) is 0 Å². The molecule has 0 aliphatic carbocycles. The van der Waals surface area contributed by atoms with Crippen molar-refractivity contribution in [1.82, 2.24) is 15.6 Å². The Morgan fingerprint density at radius 1 is 1.07 bits per heavy atom. The summed E-state index contributed by atoms with van der Waals surface area (Å²) in [6.07, 6.45) is 3.12. The van der Waals surface area contributed by atoms with Crippen molar-refractivity contribution in [2.75, 3.05) is 18.4 Å². The highest BCUT2D eigenvalue weighted by molar-refractivity contribution is 6.09. The number of anilines is 1. The number of likely N-dealkylation sites (N-methyl/N-ethyl adjacent to an activating group) is 1. The van der Waals surface area contributed by atoms with Crippen LogP contribution in [0.25, 0.3) is 0 Å². The predicted molar refractivity (Wildman–Crippen MR) is 113 cm³/mol. The molecule has 148 valence electrons. The molecule has 0 aliphatic heterocycles. The number of hydrogen-bond acceptors (Lipinski definition) is 4. The number of para-hydroxylation sites is 1. The molecule has 0 aliphatic rings. The molecule has 1 aromatic carbocycles. The third-order valence-electron chi connectivity index (χ3n) is 3.82. The molecule has 0 spiro atoms. The van der Waals surface area contributed by atoms with Crippen LogP contribution in [-0.4, -0.2) is 35.9 Å². The first-order valence-electron chi connectivity index (χ1n) is 8.35. The summed E-state index contributed by atoms with van der Waals surface area (Å²) in [4.78, 5) is 28.9. The Kier molecular flexibility index (Phi) is 11.3. The van der Waals surface area contributed by atoms with Gasteiger partial charge in [-0.05, 0) is 44.2 Å². The Morgan fingerprint density at radius 3 is 2.37 bits per heavy atom. The van der Waals surface area contributed by atoms with Crippen LogP contribution in [0.3, 0.4) is 0 Å². The number of aryl methyl sites for hydroxylation is 1. The maximum Gasteiger partial charge on any atom is 0.255 e. The van der Waals surface area contributed by atoms with Gasteiger partial charge in [0.05, 0.1) is 11.3 Å². The average Bonchev–Trinajstić information content (AvgIpc) is 2.62. The van der Waals surface area contributed by atoms with Gasteiger partial charge in [0.15, 0.2) is 0 Å². The van der Waals surface area contributed by atoms with Crippen molar-refractivity contribution in [2.24, 2.45) is 0 Å². The van der Waals surface area contributed by atoms with Crippen molar-refractivity contribution in [2.45, 2.75) is 26.8 Å². The Morgan fingerprint density at radius 2 is 1.74 bits per heavy atom. The zero-order valence-corrected chi connectivity index (χ0v) is 17.2. The second-order valence-electron chi connectivity index (χ2n) is 5.86. The second-order valence-corrected chi connectivity index (χ2v) is 5.86. The first kappa shape index (κ1) is 24.8. The SMILES string of the molecule is CCN[C@H](C)CNC(=O)c1cccc(C)c1NC(=O)c1ccncc1.Cl.Cl. The standard InChI is InChI=1S/C19H24N4O2.2ClH/c1-4-21-14(3)12-22-19(25)16-7-5-6-13(2)17(16)23-18(24)15-8-10-20-11-9-15;;/h5-11,14,21H,4,12H2,1-3H3,(H,22,25)(H,23,24);2*1H/t14-;;/m1../s1. The number of aromatic nitrogens is 1. The molecule has 1 aromatic heterocycles. The van der Waals surface area contributed by atoms with Crippen molar-refractivity contribution in [3.05, 3.63) is 59.4 Å². The van der Waals surface area contributed by atoms with E-state index < -0.39 is 0 Å². The number of halogens is 2. The minimum Gasteiger partial charge on any atom is -0.350 e. The Labute approximate surface area is 172 Å². The van der Waals surface area contributed by atoms with Crippen LogP contribution >= 0.6 is 24.8 Å². The Bertz CT molecular complexity index is 742. The maximum atomic E-state index is 12.5. The quantitative estimate of drug-likeness (QED) is 0.651. The summed E-state index contributed by atoms with van der Waals surface area (Å²) in [6, 6.07) is 8.81. The highest BCUT2D eigenvalue weighted by Crippen LogP contribution is 2.21. The Balaban J connectivity index is 0.00000338. The summed E-state index contributed by atoms with van der Waals surface area (Å²) < 4.78 is 0. The minimum absolute atomic E-state index is 0. The normalized spacial score (nSPS) is 10.8. The van der Waals surface area contributed by atoms with Gasteiger partial charge in [-0.15, -0.1) is 24.8 Å². The molecule has 2 rings (SSSR count). The second kappa shape index (κ2) is 12.3. The lowest BCUT2D eigenvalue weighted by atomic mass is 10.1. The fourth-order valence-electron chi connectivity index (χ4n) is 2.47. The lowest BCUT2D eigenvalue weighted by molar-refractivity contribution is 0.0951. The van der Waals surface area contributed by atoms with E-state index in [1.165, 1.54) is 0 Å². The molecule has 1 atom stereocenters. The molecular weight excluding hydrogens is 387 g/mol. The monoisotopic (exact) mass is 412 g/mol. The first-order valence-corrected chi connectivity index (χ1v) is 8.35. The third-order valence-corrected chi connectivity index (χ3v) is 3.82. The minimum atomic E-state index is -0.272. The van der Waals surface area contributed by atoms with E-state index in [-0.39, 0.29) is 42.7 Å². The van der Waals surface area contributed by atoms with E-state index in [1.807, 2.05) is 26.8 Å². The molecule has 0 saturated carbocycles. The van der Waals surface area contributed by atoms with Crippen LogP contribution in [0.4, 0.5) is 5.69 Å². The van der Waals surface area contributed by atoms with Crippen LogP contribution < -0.4 is 16.0 Å². The van der Waals surface area contributed by atoms with E-state index in [9.17, 15) is 9.59 Å². The molecule has 0 saturated heterocycles. The van der Waals surface area contributed by atoms with Crippen molar-refractivity contribution in [1.29, 1.82) is 0 Å². The highest BCUT2D eigenvalue weighted by atomic mass is 35.5. The van der Waals surface area contributed by atoms with Gasteiger partial charge in [0.25, 0.3) is 11.8 Å². The summed E-state index contributed by atoms with van der Waals surface area (Å²) in [6.45, 7) is 7.24. The van der Waals surface area contributed by atoms with Crippen LogP contribution in [0.15, 0.2) is 42.7 Å². The van der Waals surface area contributed by atoms with E-state index in [0.29, 0.717) is 23.4 Å². The molecule has 8 heteroatoms. The Hall–Kier alpha value is -2.15. The van der Waals surface area contributed by atoms with Gasteiger partial charge in [0.2, 0.25) is 0 Å². The maximum absolute atomic E-state index is 12.5. The van der Waals surface area contributed by atoms with Gasteiger partial charge in [0, 0.05) is 30.5 Å². The smallest absolute Gasteiger partial charge is 0.255 e. The van der Waals surface area contributed by atoms with E-state index in [2.05, 4.69) is 20.9 Å². The highest BCUT2D eigenvalue weighted by Gasteiger charge is 2.16. The topological polar surface area (TPSA) is 83.1 Å². The molecule has 1 heterocycles. The molecule has 0 radical (unpaired) electrons. The number of nitrogens with one attached hydrogen (secondary N) is 3. The number of benzene rings is 1. The summed E-state index contributed by atoms with van der Waals surface area (Å²) in [7, 11) is 0. The molecule has 27 heavy (non-hydrogen) atoms. The number of amides is 2. The number of nitrogens with zero attached hydrogens (tertiary/aromatic N) is 1. The van der Waals surface area contributed by atoms with Crippen LogP contribution in [0.2, 0.25) is 0 Å². The number of carbonyl (C=O) groups excluding carboxylic acids is 2. The number of carbonyl (C=O) groups is 2. The summed E-state index contributed by atoms with van der Waals surface area (Å²) in [5, 5.41) is 8.99. The van der Waals surface area contributed by atoms with Crippen molar-refractivity contribution >= 4 is 42.3 Å². The molecule has 2 aromatic rings. The van der Waals surface area contributed by atoms with Crippen molar-refractivity contribution < 1.29 is 9.59 Å². The van der Waals surface area contributed by atoms with E-state index in [0.717, 1.165) is 12.1 Å². The predicted octanol–water partition coefficient (Wildman–Crippen LogP) is 3.21. The molecule has 0 bridgehead atoms. The van der Waals surface area contributed by atoms with Crippen LogP contribution in [0.1, 0.15) is 40.1 Å². The lowest BCUT2D eigenvalue weighted by Gasteiger charge is -2.16. The van der Waals surface area contributed by atoms with Crippen LogP contribution in [0, 0.1) is 6.92 Å². The van der Waals surface area contributed by atoms with Gasteiger partial charge in [0.1, 0.15) is 0 Å². The molecular formula is C19H26Cl2N4O2. The van der Waals surface area contributed by atoms with Gasteiger partial charge in [-0.3, -0.25) is 14.6 Å². The van der Waals surface area contributed by atoms with Crippen LogP contribution in [0.5, 0.6) is 0 Å². The summed E-state index contributed by atoms with van der Waals surface area (Å²) in [5.41, 5.74) is 2.30. The van der Waals surface area contributed by atoms with Crippen molar-refractivity contribution in [3.63, 3.8) is 0 Å². The lowest BCUT2D eigenvalue weighted by Crippen LogP contribution is -2.39. The first-order chi connectivity index (χ1) is 12.0. The van der Waals surface area contributed by atoms with E-state index in [1.54, 1.807) is 36.7 Å². The van der Waals surface area contributed by atoms with Gasteiger partial charge in [-0.1, -0.05) is 19.1 Å². The zero-order valence-electron chi connectivity index (χ0n) is 15.6. The van der Waals surface area contributed by atoms with Gasteiger partial charge >= 0.3 is 0 Å². The zero-order chi connectivity index (χ0) is 18.2. The van der Waals surface area contributed by atoms with Gasteiger partial charge in [-0.2, -0.15) is 0 Å².